The van der Waals surface area contributed by atoms with Gasteiger partial charge in [0.25, 0.3) is 5.91 Å². The maximum atomic E-state index is 12.2. The molecule has 1 aromatic heterocycles. The largest absolute Gasteiger partial charge is 0.451 e. The van der Waals surface area contributed by atoms with Crippen molar-refractivity contribution in [3.8, 4) is 0 Å². The Kier molecular flexibility index (Phi) is 5.45. The Morgan fingerprint density at radius 3 is 2.92 bits per heavy atom. The van der Waals surface area contributed by atoms with Crippen molar-refractivity contribution in [3.63, 3.8) is 0 Å². The lowest BCUT2D eigenvalue weighted by molar-refractivity contribution is -0.119. The molecule has 4 nitrogen and oxygen atoms in total. The zero-order valence-corrected chi connectivity index (χ0v) is 15.8. The van der Waals surface area contributed by atoms with Crippen molar-refractivity contribution in [2.24, 2.45) is 5.92 Å². The molecule has 3 rings (SSSR count). The van der Waals surface area contributed by atoms with E-state index in [0.29, 0.717) is 21.5 Å². The number of hydrogen-bond donors (Lipinski definition) is 1. The van der Waals surface area contributed by atoms with Gasteiger partial charge in [0, 0.05) is 15.6 Å². The number of fused-ring (bicyclic) bond motifs is 1. The van der Waals surface area contributed by atoms with Gasteiger partial charge in [-0.25, -0.2) is 4.79 Å². The second-order valence-electron chi connectivity index (χ2n) is 6.49. The van der Waals surface area contributed by atoms with Crippen molar-refractivity contribution in [1.82, 2.24) is 0 Å². The topological polar surface area (TPSA) is 55.4 Å². The fourth-order valence-electron chi connectivity index (χ4n) is 2.96. The van der Waals surface area contributed by atoms with Gasteiger partial charge in [0.2, 0.25) is 0 Å². The fraction of sp³-hybridized carbons (Fsp3) is 0.368. The Morgan fingerprint density at radius 1 is 1.36 bits per heavy atom. The summed E-state index contributed by atoms with van der Waals surface area (Å²) in [7, 11) is 0. The Bertz CT molecular complexity index is 815. The maximum absolute atomic E-state index is 12.2. The number of benzene rings is 1. The van der Waals surface area contributed by atoms with Crippen LogP contribution >= 0.6 is 22.9 Å². The van der Waals surface area contributed by atoms with E-state index < -0.39 is 5.97 Å². The van der Waals surface area contributed by atoms with Crippen LogP contribution in [0.5, 0.6) is 0 Å². The lowest BCUT2D eigenvalue weighted by Crippen LogP contribution is -2.21. The van der Waals surface area contributed by atoms with E-state index in [1.165, 1.54) is 21.8 Å². The minimum atomic E-state index is -0.435. The van der Waals surface area contributed by atoms with Gasteiger partial charge in [0.15, 0.2) is 6.61 Å². The highest BCUT2D eigenvalue weighted by atomic mass is 35.5. The predicted octanol–water partition coefficient (Wildman–Crippen LogP) is 4.63. The molecule has 0 unspecified atom stereocenters. The standard InChI is InChI=1S/C19H20ClNO3S/c1-11-3-6-16-13(7-11)9-17(25-16)19(23)24-10-18(22)21-15-5-4-14(20)8-12(15)2/h4-5,8-9,11H,3,6-7,10H2,1-2H3,(H,21,22)/t11-/m1/s1. The predicted molar refractivity (Wildman–Crippen MR) is 101 cm³/mol. The third kappa shape index (κ3) is 4.41. The first-order valence-electron chi connectivity index (χ1n) is 8.27. The molecule has 1 N–H and O–H groups in total. The molecule has 0 spiro atoms. The number of halogens is 1. The molecule has 25 heavy (non-hydrogen) atoms. The molecular formula is C19H20ClNO3S. The molecule has 0 radical (unpaired) electrons. The summed E-state index contributed by atoms with van der Waals surface area (Å²) in [6.45, 7) is 3.77. The lowest BCUT2D eigenvalue weighted by atomic mass is 9.90. The maximum Gasteiger partial charge on any atom is 0.348 e. The van der Waals surface area contributed by atoms with Crippen molar-refractivity contribution in [3.05, 3.63) is 50.2 Å². The first-order chi connectivity index (χ1) is 11.9. The first-order valence-corrected chi connectivity index (χ1v) is 9.46. The molecule has 1 atom stereocenters. The molecular weight excluding hydrogens is 358 g/mol. The van der Waals surface area contributed by atoms with Crippen molar-refractivity contribution >= 4 is 40.5 Å². The van der Waals surface area contributed by atoms with Crippen molar-refractivity contribution in [2.45, 2.75) is 33.1 Å². The van der Waals surface area contributed by atoms with Crippen LogP contribution in [-0.4, -0.2) is 18.5 Å². The van der Waals surface area contributed by atoms with E-state index in [0.717, 1.165) is 24.8 Å². The number of hydrogen-bond acceptors (Lipinski definition) is 4. The zero-order valence-electron chi connectivity index (χ0n) is 14.2. The molecule has 0 saturated carbocycles. The lowest BCUT2D eigenvalue weighted by Gasteiger charge is -2.16. The van der Waals surface area contributed by atoms with Crippen LogP contribution in [0.2, 0.25) is 5.02 Å². The number of amides is 1. The zero-order chi connectivity index (χ0) is 18.0. The van der Waals surface area contributed by atoms with Crippen LogP contribution in [0.15, 0.2) is 24.3 Å². The summed E-state index contributed by atoms with van der Waals surface area (Å²) in [5.41, 5.74) is 2.76. The van der Waals surface area contributed by atoms with E-state index in [9.17, 15) is 9.59 Å². The van der Waals surface area contributed by atoms with Gasteiger partial charge in [-0.3, -0.25) is 4.79 Å². The molecule has 0 aliphatic heterocycles. The van der Waals surface area contributed by atoms with Crippen molar-refractivity contribution < 1.29 is 14.3 Å². The average Bonchev–Trinajstić information content (AvgIpc) is 2.98. The number of esters is 1. The number of aryl methyl sites for hydroxylation is 2. The summed E-state index contributed by atoms with van der Waals surface area (Å²) in [4.78, 5) is 26.1. The molecule has 1 aliphatic carbocycles. The van der Waals surface area contributed by atoms with Crippen LogP contribution in [-0.2, 0) is 22.4 Å². The number of thiophene rings is 1. The summed E-state index contributed by atoms with van der Waals surface area (Å²) in [6, 6.07) is 7.11. The molecule has 1 heterocycles. The number of nitrogens with one attached hydrogen (secondary N) is 1. The normalized spacial score (nSPS) is 16.2. The van der Waals surface area contributed by atoms with Gasteiger partial charge in [-0.2, -0.15) is 0 Å². The van der Waals surface area contributed by atoms with Crippen molar-refractivity contribution in [1.29, 1.82) is 0 Å². The minimum Gasteiger partial charge on any atom is -0.451 e. The molecule has 1 aromatic carbocycles. The molecule has 0 fully saturated rings. The van der Waals surface area contributed by atoms with Crippen LogP contribution in [0.1, 0.15) is 39.0 Å². The van der Waals surface area contributed by atoms with E-state index >= 15 is 0 Å². The summed E-state index contributed by atoms with van der Waals surface area (Å²) < 4.78 is 5.16. The smallest absolute Gasteiger partial charge is 0.348 e. The third-order valence-corrected chi connectivity index (χ3v) is 5.78. The van der Waals surface area contributed by atoms with Crippen LogP contribution < -0.4 is 5.32 Å². The van der Waals surface area contributed by atoms with Crippen LogP contribution in [0.25, 0.3) is 0 Å². The Labute approximate surface area is 156 Å². The number of carbonyl (C=O) groups excluding carboxylic acids is 2. The van der Waals surface area contributed by atoms with E-state index in [4.69, 9.17) is 16.3 Å². The molecule has 0 bridgehead atoms. The third-order valence-electron chi connectivity index (χ3n) is 4.33. The summed E-state index contributed by atoms with van der Waals surface area (Å²) in [6.07, 6.45) is 3.19. The molecule has 6 heteroatoms. The van der Waals surface area contributed by atoms with E-state index in [1.807, 2.05) is 13.0 Å². The summed E-state index contributed by atoms with van der Waals surface area (Å²) in [5.74, 6) is -0.150. The van der Waals surface area contributed by atoms with Gasteiger partial charge >= 0.3 is 5.97 Å². The van der Waals surface area contributed by atoms with Gasteiger partial charge in [0.1, 0.15) is 4.88 Å². The van der Waals surface area contributed by atoms with Gasteiger partial charge in [0.05, 0.1) is 0 Å². The highest BCUT2D eigenvalue weighted by Gasteiger charge is 2.21. The number of carbonyl (C=O) groups is 2. The van der Waals surface area contributed by atoms with Gasteiger partial charge in [-0.05, 0) is 67.5 Å². The van der Waals surface area contributed by atoms with Gasteiger partial charge in [-0.1, -0.05) is 18.5 Å². The molecule has 2 aromatic rings. The number of anilines is 1. The summed E-state index contributed by atoms with van der Waals surface area (Å²) >= 11 is 7.38. The average molecular weight is 378 g/mol. The fourth-order valence-corrected chi connectivity index (χ4v) is 4.29. The number of rotatable bonds is 4. The van der Waals surface area contributed by atoms with E-state index in [1.54, 1.807) is 18.2 Å². The molecule has 132 valence electrons. The Balaban J connectivity index is 1.56. The molecule has 1 amide bonds. The second kappa shape index (κ2) is 7.58. The number of ether oxygens (including phenoxy) is 1. The van der Waals surface area contributed by atoms with Crippen LogP contribution in [0.3, 0.4) is 0 Å². The molecule has 1 aliphatic rings. The van der Waals surface area contributed by atoms with E-state index in [-0.39, 0.29) is 12.5 Å². The monoisotopic (exact) mass is 377 g/mol. The second-order valence-corrected chi connectivity index (χ2v) is 8.06. The minimum absolute atomic E-state index is 0.306. The van der Waals surface area contributed by atoms with Crippen molar-refractivity contribution in [2.75, 3.05) is 11.9 Å². The highest BCUT2D eigenvalue weighted by Crippen LogP contribution is 2.32. The van der Waals surface area contributed by atoms with Gasteiger partial charge < -0.3 is 10.1 Å². The Morgan fingerprint density at radius 2 is 2.16 bits per heavy atom. The summed E-state index contributed by atoms with van der Waals surface area (Å²) in [5, 5.41) is 3.34. The van der Waals surface area contributed by atoms with Gasteiger partial charge in [-0.15, -0.1) is 11.3 Å². The molecule has 0 saturated heterocycles. The highest BCUT2D eigenvalue weighted by molar-refractivity contribution is 7.14. The first kappa shape index (κ1) is 18.0. The SMILES string of the molecule is Cc1cc(Cl)ccc1NC(=O)COC(=O)c1cc2c(s1)CC[C@@H](C)C2. The quantitative estimate of drug-likeness (QED) is 0.790. The Hall–Kier alpha value is -1.85. The van der Waals surface area contributed by atoms with Crippen LogP contribution in [0, 0.1) is 12.8 Å². The van der Waals surface area contributed by atoms with E-state index in [2.05, 4.69) is 12.2 Å². The van der Waals surface area contributed by atoms with Crippen LogP contribution in [0.4, 0.5) is 5.69 Å².